The zero-order valence-corrected chi connectivity index (χ0v) is 16.6. The van der Waals surface area contributed by atoms with Gasteiger partial charge in [-0.3, -0.25) is 9.36 Å². The van der Waals surface area contributed by atoms with Crippen LogP contribution in [0.5, 0.6) is 0 Å². The zero-order valence-electron chi connectivity index (χ0n) is 15.7. The van der Waals surface area contributed by atoms with E-state index in [1.54, 1.807) is 16.3 Å². The van der Waals surface area contributed by atoms with Gasteiger partial charge in [-0.2, -0.15) is 0 Å². The minimum atomic E-state index is 0.0470. The lowest BCUT2D eigenvalue weighted by Gasteiger charge is -2.12. The van der Waals surface area contributed by atoms with Crippen molar-refractivity contribution in [3.8, 4) is 0 Å². The summed E-state index contributed by atoms with van der Waals surface area (Å²) in [7, 11) is 1.81. The maximum Gasteiger partial charge on any atom is 0.257 e. The second-order valence-electron chi connectivity index (χ2n) is 6.77. The maximum absolute atomic E-state index is 12.9. The lowest BCUT2D eigenvalue weighted by Crippen LogP contribution is -2.25. The molecule has 2 aromatic carbocycles. The van der Waals surface area contributed by atoms with E-state index in [2.05, 4.69) is 56.3 Å². The van der Waals surface area contributed by atoms with E-state index in [1.807, 2.05) is 20.0 Å². The van der Waals surface area contributed by atoms with E-state index in [4.69, 9.17) is 4.98 Å². The molecule has 0 N–H and O–H groups in total. The maximum atomic E-state index is 12.9. The molecule has 0 amide bonds. The first-order chi connectivity index (χ1) is 12.4. The highest BCUT2D eigenvalue weighted by molar-refractivity contribution is 7.98. The van der Waals surface area contributed by atoms with Gasteiger partial charge in [-0.25, -0.2) is 4.98 Å². The Morgan fingerprint density at radius 2 is 1.58 bits per heavy atom. The number of rotatable bonds is 5. The molecule has 3 aromatic rings. The van der Waals surface area contributed by atoms with Crippen molar-refractivity contribution in [1.82, 2.24) is 9.55 Å². The number of hydrogen-bond donors (Lipinski definition) is 0. The van der Waals surface area contributed by atoms with Crippen molar-refractivity contribution < 1.29 is 0 Å². The Bertz CT molecular complexity index is 992. The lowest BCUT2D eigenvalue weighted by atomic mass is 10.0. The molecule has 0 unspecified atom stereocenters. The molecule has 1 aromatic heterocycles. The Balaban J connectivity index is 1.84. The summed E-state index contributed by atoms with van der Waals surface area (Å²) in [5.41, 5.74) is 6.48. The first-order valence-electron chi connectivity index (χ1n) is 8.74. The molecule has 0 fully saturated rings. The van der Waals surface area contributed by atoms with E-state index in [-0.39, 0.29) is 5.56 Å². The Morgan fingerprint density at radius 3 is 2.23 bits per heavy atom. The van der Waals surface area contributed by atoms with Gasteiger partial charge in [-0.1, -0.05) is 71.4 Å². The monoisotopic (exact) mass is 364 g/mol. The van der Waals surface area contributed by atoms with Gasteiger partial charge in [0.05, 0.1) is 0 Å². The van der Waals surface area contributed by atoms with Gasteiger partial charge in [0.15, 0.2) is 5.16 Å². The van der Waals surface area contributed by atoms with Crippen LogP contribution >= 0.6 is 11.8 Å². The summed E-state index contributed by atoms with van der Waals surface area (Å²) in [6, 6.07) is 16.7. The predicted molar refractivity (Wildman–Crippen MR) is 109 cm³/mol. The minimum Gasteiger partial charge on any atom is -0.291 e. The van der Waals surface area contributed by atoms with Crippen LogP contribution in [0.4, 0.5) is 0 Å². The van der Waals surface area contributed by atoms with Crippen molar-refractivity contribution in [3.05, 3.63) is 92.4 Å². The van der Waals surface area contributed by atoms with Gasteiger partial charge in [-0.05, 0) is 31.9 Å². The molecule has 0 saturated heterocycles. The van der Waals surface area contributed by atoms with Gasteiger partial charge in [-0.15, -0.1) is 0 Å². The zero-order chi connectivity index (χ0) is 18.7. The normalized spacial score (nSPS) is 10.9. The van der Waals surface area contributed by atoms with Crippen LogP contribution in [0.25, 0.3) is 0 Å². The Hall–Kier alpha value is -2.33. The number of nitrogens with zero attached hydrogens (tertiary/aromatic N) is 2. The summed E-state index contributed by atoms with van der Waals surface area (Å²) in [6.07, 6.45) is 0.621. The van der Waals surface area contributed by atoms with Gasteiger partial charge in [0, 0.05) is 30.5 Å². The second-order valence-corrected chi connectivity index (χ2v) is 7.71. The van der Waals surface area contributed by atoms with Crippen LogP contribution in [-0.2, 0) is 19.2 Å². The molecule has 4 heteroatoms. The Morgan fingerprint density at radius 1 is 0.962 bits per heavy atom. The molecule has 0 radical (unpaired) electrons. The van der Waals surface area contributed by atoms with E-state index in [9.17, 15) is 4.79 Å². The molecular weight excluding hydrogens is 340 g/mol. The predicted octanol–water partition coefficient (Wildman–Crippen LogP) is 4.59. The molecule has 0 bridgehead atoms. The average molecular weight is 365 g/mol. The fraction of sp³-hybridized carbons (Fsp3) is 0.273. The van der Waals surface area contributed by atoms with Crippen molar-refractivity contribution in [2.75, 3.05) is 0 Å². The lowest BCUT2D eigenvalue weighted by molar-refractivity contribution is 0.683. The number of benzene rings is 2. The second kappa shape index (κ2) is 7.92. The van der Waals surface area contributed by atoms with Gasteiger partial charge < -0.3 is 0 Å². The number of aromatic nitrogens is 2. The summed E-state index contributed by atoms with van der Waals surface area (Å²) in [5.74, 6) is 0.804. The Labute approximate surface area is 159 Å². The average Bonchev–Trinajstić information content (AvgIpc) is 2.61. The van der Waals surface area contributed by atoms with Crippen LogP contribution in [0, 0.1) is 20.8 Å². The third-order valence-electron chi connectivity index (χ3n) is 4.46. The number of aryl methyl sites for hydroxylation is 3. The standard InChI is InChI=1S/C22H24N2OS/c1-15-7-5-9-18(11-15)13-20-17(3)23-22(24(4)21(20)25)26-14-19-10-6-8-16(2)12-19/h5-12H,13-14H2,1-4H3. The highest BCUT2D eigenvalue weighted by Crippen LogP contribution is 2.21. The smallest absolute Gasteiger partial charge is 0.257 e. The summed E-state index contributed by atoms with van der Waals surface area (Å²) < 4.78 is 1.68. The molecule has 134 valence electrons. The van der Waals surface area contributed by atoms with Crippen LogP contribution in [0.15, 0.2) is 58.5 Å². The minimum absolute atomic E-state index is 0.0470. The van der Waals surface area contributed by atoms with Crippen molar-refractivity contribution in [3.63, 3.8) is 0 Å². The molecule has 0 saturated carbocycles. The van der Waals surface area contributed by atoms with E-state index >= 15 is 0 Å². The SMILES string of the molecule is Cc1cccc(CSc2nc(C)c(Cc3cccc(C)c3)c(=O)n2C)c1. The highest BCUT2D eigenvalue weighted by atomic mass is 32.2. The van der Waals surface area contributed by atoms with Crippen molar-refractivity contribution in [2.45, 2.75) is 38.1 Å². The molecule has 0 spiro atoms. The molecular formula is C22H24N2OS. The van der Waals surface area contributed by atoms with Gasteiger partial charge in [0.25, 0.3) is 5.56 Å². The van der Waals surface area contributed by atoms with E-state index in [1.165, 1.54) is 16.7 Å². The van der Waals surface area contributed by atoms with Gasteiger partial charge >= 0.3 is 0 Å². The first-order valence-corrected chi connectivity index (χ1v) is 9.73. The van der Waals surface area contributed by atoms with Crippen LogP contribution < -0.4 is 5.56 Å². The van der Waals surface area contributed by atoms with E-state index in [0.717, 1.165) is 27.7 Å². The van der Waals surface area contributed by atoms with Crippen LogP contribution in [0.3, 0.4) is 0 Å². The highest BCUT2D eigenvalue weighted by Gasteiger charge is 2.13. The van der Waals surface area contributed by atoms with Gasteiger partial charge in [0.2, 0.25) is 0 Å². The van der Waals surface area contributed by atoms with Crippen molar-refractivity contribution in [2.24, 2.45) is 7.05 Å². The third kappa shape index (κ3) is 4.25. The topological polar surface area (TPSA) is 34.9 Å². The molecule has 0 atom stereocenters. The van der Waals surface area contributed by atoms with Crippen LogP contribution in [0.2, 0.25) is 0 Å². The van der Waals surface area contributed by atoms with Gasteiger partial charge in [0.1, 0.15) is 0 Å². The molecule has 3 rings (SSSR count). The van der Waals surface area contributed by atoms with Crippen molar-refractivity contribution >= 4 is 11.8 Å². The summed E-state index contributed by atoms with van der Waals surface area (Å²) in [5, 5.41) is 0.766. The molecule has 0 aliphatic rings. The largest absolute Gasteiger partial charge is 0.291 e. The van der Waals surface area contributed by atoms with Crippen LogP contribution in [0.1, 0.15) is 33.5 Å². The third-order valence-corrected chi connectivity index (χ3v) is 5.56. The first kappa shape index (κ1) is 18.5. The molecule has 1 heterocycles. The van der Waals surface area contributed by atoms with Crippen LogP contribution in [-0.4, -0.2) is 9.55 Å². The molecule has 0 aliphatic carbocycles. The molecule has 26 heavy (non-hydrogen) atoms. The summed E-state index contributed by atoms with van der Waals surface area (Å²) in [6.45, 7) is 6.09. The van der Waals surface area contributed by atoms with E-state index < -0.39 is 0 Å². The molecule has 0 aliphatic heterocycles. The number of thioether (sulfide) groups is 1. The summed E-state index contributed by atoms with van der Waals surface area (Å²) in [4.78, 5) is 17.6. The van der Waals surface area contributed by atoms with E-state index in [0.29, 0.717) is 6.42 Å². The van der Waals surface area contributed by atoms with Crippen molar-refractivity contribution in [1.29, 1.82) is 0 Å². The quantitative estimate of drug-likeness (QED) is 0.491. The fourth-order valence-electron chi connectivity index (χ4n) is 3.04. The number of hydrogen-bond acceptors (Lipinski definition) is 3. The molecule has 3 nitrogen and oxygen atoms in total. The summed E-state index contributed by atoms with van der Waals surface area (Å²) >= 11 is 1.61. The Kier molecular flexibility index (Phi) is 5.62. The fourth-order valence-corrected chi connectivity index (χ4v) is 3.99.